The van der Waals surface area contributed by atoms with E-state index in [1.807, 2.05) is 18.9 Å². The zero-order valence-electron chi connectivity index (χ0n) is 12.3. The number of nitrogens with one attached hydrogen (secondary N) is 1. The van der Waals surface area contributed by atoms with Crippen LogP contribution >= 0.6 is 0 Å². The Morgan fingerprint density at radius 1 is 1.47 bits per heavy atom. The topological polar surface area (TPSA) is 52.2 Å². The van der Waals surface area contributed by atoms with Crippen molar-refractivity contribution in [1.29, 1.82) is 0 Å². The van der Waals surface area contributed by atoms with Crippen molar-refractivity contribution in [2.75, 3.05) is 20.1 Å². The highest BCUT2D eigenvalue weighted by Crippen LogP contribution is 2.19. The Hall–Kier alpha value is -1.36. The first-order chi connectivity index (χ1) is 9.00. The third kappa shape index (κ3) is 2.97. The molecule has 5 nitrogen and oxygen atoms in total. The number of hydrogen-bond acceptors (Lipinski definition) is 3. The summed E-state index contributed by atoms with van der Waals surface area (Å²) in [6, 6.07) is 0.940. The van der Waals surface area contributed by atoms with Gasteiger partial charge in [0.15, 0.2) is 0 Å². The fourth-order valence-corrected chi connectivity index (χ4v) is 2.71. The molecule has 19 heavy (non-hydrogen) atoms. The van der Waals surface area contributed by atoms with Gasteiger partial charge in [0.1, 0.15) is 0 Å². The lowest BCUT2D eigenvalue weighted by Crippen LogP contribution is -2.47. The zero-order chi connectivity index (χ0) is 14.0. The molecule has 0 atom stereocenters. The number of piperidine rings is 1. The van der Waals surface area contributed by atoms with E-state index in [0.29, 0.717) is 17.6 Å². The van der Waals surface area contributed by atoms with Crippen LogP contribution in [0.5, 0.6) is 0 Å². The van der Waals surface area contributed by atoms with E-state index in [2.05, 4.69) is 28.9 Å². The van der Waals surface area contributed by atoms with E-state index in [4.69, 9.17) is 0 Å². The summed E-state index contributed by atoms with van der Waals surface area (Å²) in [6.45, 7) is 8.48. The molecule has 0 saturated carbocycles. The van der Waals surface area contributed by atoms with Crippen LogP contribution in [0.2, 0.25) is 0 Å². The number of amides is 1. The number of hydrogen-bond donors (Lipinski definition) is 1. The predicted molar refractivity (Wildman–Crippen MR) is 75.1 cm³/mol. The Labute approximate surface area is 115 Å². The quantitative estimate of drug-likeness (QED) is 0.903. The van der Waals surface area contributed by atoms with Gasteiger partial charge in [-0.05, 0) is 33.6 Å². The fourth-order valence-electron chi connectivity index (χ4n) is 2.71. The average molecular weight is 264 g/mol. The van der Waals surface area contributed by atoms with Crippen molar-refractivity contribution in [3.05, 3.63) is 17.5 Å². The van der Waals surface area contributed by atoms with Crippen LogP contribution in [0.1, 0.15) is 42.7 Å². The standard InChI is InChI=1S/C14H24N4O/c1-10(2)18-7-5-12(6-8-18)17(4)14(19)13-9-15-16-11(13)3/h9-10,12H,5-8H2,1-4H3,(H,15,16). The third-order valence-corrected chi connectivity index (χ3v) is 4.16. The Balaban J connectivity index is 1.96. The average Bonchev–Trinajstić information content (AvgIpc) is 2.83. The summed E-state index contributed by atoms with van der Waals surface area (Å²) < 4.78 is 0. The summed E-state index contributed by atoms with van der Waals surface area (Å²) in [7, 11) is 1.91. The molecule has 1 aromatic heterocycles. The lowest BCUT2D eigenvalue weighted by Gasteiger charge is -2.38. The summed E-state index contributed by atoms with van der Waals surface area (Å²) in [5.74, 6) is 0.0780. The molecule has 2 rings (SSSR count). The van der Waals surface area contributed by atoms with Gasteiger partial charge in [-0.1, -0.05) is 0 Å². The molecule has 0 spiro atoms. The van der Waals surface area contributed by atoms with Crippen molar-refractivity contribution in [2.45, 2.75) is 45.7 Å². The molecule has 1 fully saturated rings. The molecule has 1 N–H and O–H groups in total. The Morgan fingerprint density at radius 2 is 2.11 bits per heavy atom. The van der Waals surface area contributed by atoms with Crippen LogP contribution in [-0.4, -0.2) is 58.1 Å². The summed E-state index contributed by atoms with van der Waals surface area (Å²) in [6.07, 6.45) is 3.73. The van der Waals surface area contributed by atoms with Gasteiger partial charge >= 0.3 is 0 Å². The number of nitrogens with zero attached hydrogens (tertiary/aromatic N) is 3. The Morgan fingerprint density at radius 3 is 2.58 bits per heavy atom. The van der Waals surface area contributed by atoms with Crippen LogP contribution in [0.25, 0.3) is 0 Å². The van der Waals surface area contributed by atoms with Gasteiger partial charge in [0.25, 0.3) is 5.91 Å². The van der Waals surface area contributed by atoms with Crippen molar-refractivity contribution >= 4 is 5.91 Å². The molecular formula is C14H24N4O. The van der Waals surface area contributed by atoms with Gasteiger partial charge < -0.3 is 9.80 Å². The van der Waals surface area contributed by atoms with Gasteiger partial charge in [0.2, 0.25) is 0 Å². The van der Waals surface area contributed by atoms with E-state index < -0.39 is 0 Å². The molecule has 1 aliphatic heterocycles. The number of carbonyl (C=O) groups excluding carboxylic acids is 1. The van der Waals surface area contributed by atoms with Gasteiger partial charge in [-0.15, -0.1) is 0 Å². The van der Waals surface area contributed by atoms with Gasteiger partial charge in [-0.25, -0.2) is 0 Å². The highest BCUT2D eigenvalue weighted by atomic mass is 16.2. The number of rotatable bonds is 3. The minimum Gasteiger partial charge on any atom is -0.339 e. The Kier molecular flexibility index (Phi) is 4.24. The van der Waals surface area contributed by atoms with E-state index in [1.54, 1.807) is 6.20 Å². The van der Waals surface area contributed by atoms with Crippen molar-refractivity contribution in [2.24, 2.45) is 0 Å². The highest BCUT2D eigenvalue weighted by Gasteiger charge is 2.27. The smallest absolute Gasteiger partial charge is 0.257 e. The minimum absolute atomic E-state index is 0.0780. The summed E-state index contributed by atoms with van der Waals surface area (Å²) in [5.41, 5.74) is 1.53. The molecular weight excluding hydrogens is 240 g/mol. The van der Waals surface area contributed by atoms with Crippen LogP contribution in [0.3, 0.4) is 0 Å². The van der Waals surface area contributed by atoms with Crippen LogP contribution < -0.4 is 0 Å². The van der Waals surface area contributed by atoms with Gasteiger partial charge in [-0.3, -0.25) is 9.89 Å². The fraction of sp³-hybridized carbons (Fsp3) is 0.714. The Bertz CT molecular complexity index is 432. The number of aromatic amines is 1. The van der Waals surface area contributed by atoms with E-state index in [0.717, 1.165) is 31.6 Å². The molecule has 2 heterocycles. The summed E-state index contributed by atoms with van der Waals surface area (Å²) in [4.78, 5) is 16.7. The maximum absolute atomic E-state index is 12.4. The van der Waals surface area contributed by atoms with Gasteiger partial charge in [0.05, 0.1) is 11.8 Å². The zero-order valence-corrected chi connectivity index (χ0v) is 12.3. The number of aryl methyl sites for hydroxylation is 1. The molecule has 0 bridgehead atoms. The molecule has 1 aromatic rings. The number of likely N-dealkylation sites (tertiary alicyclic amines) is 1. The molecule has 1 aliphatic rings. The van der Waals surface area contributed by atoms with E-state index in [1.165, 1.54) is 0 Å². The number of H-pyrrole nitrogens is 1. The minimum atomic E-state index is 0.0780. The largest absolute Gasteiger partial charge is 0.339 e. The SMILES string of the molecule is Cc1[nH]ncc1C(=O)N(C)C1CCN(C(C)C)CC1. The third-order valence-electron chi connectivity index (χ3n) is 4.16. The normalized spacial score (nSPS) is 17.9. The van der Waals surface area contributed by atoms with Crippen molar-refractivity contribution in [3.8, 4) is 0 Å². The van der Waals surface area contributed by atoms with E-state index in [-0.39, 0.29) is 5.91 Å². The number of aromatic nitrogens is 2. The van der Waals surface area contributed by atoms with Crippen molar-refractivity contribution < 1.29 is 4.79 Å². The maximum atomic E-state index is 12.4. The summed E-state index contributed by atoms with van der Waals surface area (Å²) >= 11 is 0. The first-order valence-corrected chi connectivity index (χ1v) is 7.02. The van der Waals surface area contributed by atoms with Crippen LogP contribution in [0, 0.1) is 6.92 Å². The molecule has 106 valence electrons. The second-order valence-corrected chi connectivity index (χ2v) is 5.69. The number of carbonyl (C=O) groups is 1. The molecule has 0 aromatic carbocycles. The maximum Gasteiger partial charge on any atom is 0.257 e. The van der Waals surface area contributed by atoms with Crippen molar-refractivity contribution in [1.82, 2.24) is 20.0 Å². The molecule has 0 radical (unpaired) electrons. The van der Waals surface area contributed by atoms with E-state index >= 15 is 0 Å². The first kappa shape index (κ1) is 14.1. The lowest BCUT2D eigenvalue weighted by atomic mass is 10.0. The second kappa shape index (κ2) is 5.74. The lowest BCUT2D eigenvalue weighted by molar-refractivity contribution is 0.0615. The van der Waals surface area contributed by atoms with Crippen LogP contribution in [0.4, 0.5) is 0 Å². The molecule has 0 aliphatic carbocycles. The van der Waals surface area contributed by atoms with Gasteiger partial charge in [-0.2, -0.15) is 5.10 Å². The molecule has 5 heteroatoms. The van der Waals surface area contributed by atoms with E-state index in [9.17, 15) is 4.79 Å². The van der Waals surface area contributed by atoms with Crippen LogP contribution in [0.15, 0.2) is 6.20 Å². The van der Waals surface area contributed by atoms with Crippen molar-refractivity contribution in [3.63, 3.8) is 0 Å². The first-order valence-electron chi connectivity index (χ1n) is 7.02. The molecule has 1 saturated heterocycles. The summed E-state index contributed by atoms with van der Waals surface area (Å²) in [5, 5.41) is 6.75. The van der Waals surface area contributed by atoms with Crippen LogP contribution in [-0.2, 0) is 0 Å². The van der Waals surface area contributed by atoms with Gasteiger partial charge in [0, 0.05) is 37.9 Å². The highest BCUT2D eigenvalue weighted by molar-refractivity contribution is 5.95. The monoisotopic (exact) mass is 264 g/mol. The molecule has 1 amide bonds. The predicted octanol–water partition coefficient (Wildman–Crippen LogP) is 1.66. The molecule has 0 unspecified atom stereocenters. The second-order valence-electron chi connectivity index (χ2n) is 5.69.